The SMILES string of the molecule is NCC(=O)N[C@@H](Cc1ccccc1)C(=O)N[C@H]1[C@@H]2CN(c3nc4c(cc3F)c(=O)c(C(=O)O)cn4-c3ccc(F)cc3F)C[C@@H]21. The number of nitrogens with two attached hydrogens (primary N) is 1. The molecule has 5 N–H and O–H groups in total. The predicted octanol–water partition coefficient (Wildman–Crippen LogP) is 1.74. The van der Waals surface area contributed by atoms with Crippen molar-refractivity contribution in [3.05, 3.63) is 99.6 Å². The van der Waals surface area contributed by atoms with Crippen molar-refractivity contribution in [2.75, 3.05) is 24.5 Å². The number of aromatic nitrogens is 2. The Morgan fingerprint density at radius 2 is 1.73 bits per heavy atom. The van der Waals surface area contributed by atoms with Gasteiger partial charge in [-0.15, -0.1) is 0 Å². The lowest BCUT2D eigenvalue weighted by Crippen LogP contribution is -2.51. The summed E-state index contributed by atoms with van der Waals surface area (Å²) < 4.78 is 44.8. The number of rotatable bonds is 9. The van der Waals surface area contributed by atoms with E-state index in [9.17, 15) is 33.1 Å². The summed E-state index contributed by atoms with van der Waals surface area (Å²) in [7, 11) is 0. The van der Waals surface area contributed by atoms with E-state index in [1.165, 1.54) is 0 Å². The molecule has 1 saturated carbocycles. The van der Waals surface area contributed by atoms with Crippen molar-refractivity contribution < 1.29 is 32.7 Å². The van der Waals surface area contributed by atoms with Crippen molar-refractivity contribution in [1.29, 1.82) is 0 Å². The van der Waals surface area contributed by atoms with Gasteiger partial charge in [0.05, 0.1) is 17.6 Å². The number of nitrogens with one attached hydrogen (secondary N) is 2. The minimum Gasteiger partial charge on any atom is -0.477 e. The van der Waals surface area contributed by atoms with Crippen LogP contribution in [0, 0.1) is 29.3 Å². The molecule has 6 rings (SSSR count). The second-order valence-electron chi connectivity index (χ2n) is 11.1. The molecule has 2 aliphatic rings. The molecule has 1 aliphatic heterocycles. The molecule has 2 aromatic heterocycles. The molecule has 45 heavy (non-hydrogen) atoms. The maximum absolute atomic E-state index is 15.4. The van der Waals surface area contributed by atoms with Gasteiger partial charge in [-0.25, -0.2) is 22.9 Å². The second kappa shape index (κ2) is 11.7. The molecule has 4 aromatic rings. The Labute approximate surface area is 253 Å². The number of aromatic carboxylic acids is 1. The Morgan fingerprint density at radius 1 is 1.02 bits per heavy atom. The summed E-state index contributed by atoms with van der Waals surface area (Å²) in [4.78, 5) is 55.8. The Balaban J connectivity index is 1.24. The van der Waals surface area contributed by atoms with Gasteiger partial charge in [-0.2, -0.15) is 0 Å². The quantitative estimate of drug-likeness (QED) is 0.220. The van der Waals surface area contributed by atoms with Gasteiger partial charge in [0.25, 0.3) is 0 Å². The summed E-state index contributed by atoms with van der Waals surface area (Å²) in [6.07, 6.45) is 1.14. The van der Waals surface area contributed by atoms with Crippen LogP contribution < -0.4 is 26.7 Å². The summed E-state index contributed by atoms with van der Waals surface area (Å²) in [6.45, 7) is 0.323. The number of nitrogens with zero attached hydrogens (tertiary/aromatic N) is 3. The minimum absolute atomic E-state index is 0.0560. The Hall–Kier alpha value is -5.24. The molecular formula is C31H27F3N6O5. The Morgan fingerprint density at radius 3 is 2.38 bits per heavy atom. The van der Waals surface area contributed by atoms with Crippen molar-refractivity contribution >= 4 is 34.6 Å². The van der Waals surface area contributed by atoms with E-state index in [1.807, 2.05) is 30.3 Å². The minimum atomic E-state index is -1.61. The molecule has 1 aliphatic carbocycles. The summed E-state index contributed by atoms with van der Waals surface area (Å²) >= 11 is 0. The van der Waals surface area contributed by atoms with E-state index < -0.39 is 51.7 Å². The van der Waals surface area contributed by atoms with E-state index in [0.717, 1.165) is 34.5 Å². The number of carbonyl (C=O) groups is 3. The fourth-order valence-electron chi connectivity index (χ4n) is 5.94. The first-order valence-corrected chi connectivity index (χ1v) is 14.1. The normalized spacial score (nSPS) is 19.2. The van der Waals surface area contributed by atoms with Gasteiger partial charge in [-0.1, -0.05) is 30.3 Å². The van der Waals surface area contributed by atoms with Crippen LogP contribution in [0.4, 0.5) is 19.0 Å². The number of halogens is 3. The lowest BCUT2D eigenvalue weighted by molar-refractivity contribution is -0.128. The topological polar surface area (TPSA) is 160 Å². The summed E-state index contributed by atoms with van der Waals surface area (Å²) in [6, 6.07) is 11.6. The molecule has 2 aromatic carbocycles. The molecule has 232 valence electrons. The average Bonchev–Trinajstić information content (AvgIpc) is 3.43. The standard InChI is InChI=1S/C31H27F3N6O5/c32-16-6-7-24(21(33)9-16)40-14-20(31(44)45)27(42)17-10-22(34)29(38-28(17)40)39-12-18-19(13-39)26(18)37-30(43)23(36-25(41)11-35)8-15-4-2-1-3-5-15/h1-7,9-10,14,18-19,23,26H,8,11-13,35H2,(H,36,41)(H,37,43)(H,44,45)/t18-,19+,23-,26+/m0/s1. The summed E-state index contributed by atoms with van der Waals surface area (Å²) in [5.74, 6) is -5.51. The van der Waals surface area contributed by atoms with Crippen LogP contribution in [0.25, 0.3) is 16.7 Å². The second-order valence-corrected chi connectivity index (χ2v) is 11.1. The van der Waals surface area contributed by atoms with Crippen LogP contribution in [-0.4, -0.2) is 64.2 Å². The number of benzene rings is 2. The first-order chi connectivity index (χ1) is 21.5. The molecule has 2 amide bonds. The largest absolute Gasteiger partial charge is 0.477 e. The third-order valence-electron chi connectivity index (χ3n) is 8.23. The van der Waals surface area contributed by atoms with Crippen molar-refractivity contribution in [3.63, 3.8) is 0 Å². The molecule has 0 bridgehead atoms. The molecule has 4 atom stereocenters. The van der Waals surface area contributed by atoms with Gasteiger partial charge in [0.15, 0.2) is 17.3 Å². The Kier molecular flexibility index (Phi) is 7.74. The van der Waals surface area contributed by atoms with Gasteiger partial charge in [0.1, 0.15) is 23.2 Å². The van der Waals surface area contributed by atoms with Crippen LogP contribution >= 0.6 is 0 Å². The van der Waals surface area contributed by atoms with Crippen LogP contribution in [0.15, 0.2) is 65.6 Å². The van der Waals surface area contributed by atoms with Crippen molar-refractivity contribution in [2.24, 2.45) is 17.6 Å². The number of piperidine rings is 1. The summed E-state index contributed by atoms with van der Waals surface area (Å²) in [5.41, 5.74) is 4.05. The van der Waals surface area contributed by atoms with Crippen molar-refractivity contribution in [2.45, 2.75) is 18.5 Å². The highest BCUT2D eigenvalue weighted by molar-refractivity contribution is 5.93. The molecule has 3 heterocycles. The van der Waals surface area contributed by atoms with Gasteiger partial charge in [0, 0.05) is 49.7 Å². The number of pyridine rings is 2. The number of carboxylic acids is 1. The molecule has 11 nitrogen and oxygen atoms in total. The lowest BCUT2D eigenvalue weighted by Gasteiger charge is -2.24. The van der Waals surface area contributed by atoms with E-state index in [4.69, 9.17) is 5.73 Å². The zero-order valence-electron chi connectivity index (χ0n) is 23.5. The highest BCUT2D eigenvalue weighted by Crippen LogP contribution is 2.47. The van der Waals surface area contributed by atoms with Gasteiger partial charge in [-0.05, 0) is 23.8 Å². The highest BCUT2D eigenvalue weighted by atomic mass is 19.1. The van der Waals surface area contributed by atoms with Crippen molar-refractivity contribution in [3.8, 4) is 5.69 Å². The van der Waals surface area contributed by atoms with Crippen LogP contribution in [0.2, 0.25) is 0 Å². The van der Waals surface area contributed by atoms with Crippen LogP contribution in [0.5, 0.6) is 0 Å². The van der Waals surface area contributed by atoms with E-state index in [2.05, 4.69) is 15.6 Å². The zero-order valence-corrected chi connectivity index (χ0v) is 23.5. The molecule has 14 heteroatoms. The van der Waals surface area contributed by atoms with Gasteiger partial charge in [0.2, 0.25) is 17.2 Å². The van der Waals surface area contributed by atoms with Crippen LogP contribution in [-0.2, 0) is 16.0 Å². The van der Waals surface area contributed by atoms with Crippen LogP contribution in [0.3, 0.4) is 0 Å². The smallest absolute Gasteiger partial charge is 0.341 e. The average molecular weight is 621 g/mol. The maximum atomic E-state index is 15.4. The number of hydrogen-bond donors (Lipinski definition) is 4. The fraction of sp³-hybridized carbons (Fsp3) is 0.258. The number of amides is 2. The number of fused-ring (bicyclic) bond motifs is 2. The van der Waals surface area contributed by atoms with E-state index in [1.54, 1.807) is 4.90 Å². The summed E-state index contributed by atoms with van der Waals surface area (Å²) in [5, 5.41) is 14.8. The molecule has 0 spiro atoms. The predicted molar refractivity (Wildman–Crippen MR) is 156 cm³/mol. The number of carbonyl (C=O) groups excluding carboxylic acids is 2. The van der Waals surface area contributed by atoms with Gasteiger partial charge < -0.3 is 26.4 Å². The third-order valence-corrected chi connectivity index (χ3v) is 8.23. The van der Waals surface area contributed by atoms with E-state index in [0.29, 0.717) is 19.2 Å². The molecule has 0 radical (unpaired) electrons. The number of hydrogen-bond acceptors (Lipinski definition) is 7. The molecule has 2 fully saturated rings. The molecular weight excluding hydrogens is 593 g/mol. The number of carboxylic acid groups (broad SMARTS) is 1. The zero-order chi connectivity index (χ0) is 32.0. The Bertz CT molecular complexity index is 1890. The molecule has 1 saturated heterocycles. The van der Waals surface area contributed by atoms with E-state index in [-0.39, 0.29) is 53.9 Å². The van der Waals surface area contributed by atoms with Gasteiger partial charge in [-0.3, -0.25) is 19.0 Å². The third kappa shape index (κ3) is 5.71. The van der Waals surface area contributed by atoms with Gasteiger partial charge >= 0.3 is 5.97 Å². The first-order valence-electron chi connectivity index (χ1n) is 14.1. The fourth-order valence-corrected chi connectivity index (χ4v) is 5.94. The first kappa shape index (κ1) is 29.8. The van der Waals surface area contributed by atoms with Crippen molar-refractivity contribution in [1.82, 2.24) is 20.2 Å². The monoisotopic (exact) mass is 620 g/mol. The lowest BCUT2D eigenvalue weighted by atomic mass is 10.1. The number of anilines is 1. The van der Waals surface area contributed by atoms with E-state index >= 15 is 4.39 Å². The maximum Gasteiger partial charge on any atom is 0.341 e. The molecule has 0 unspecified atom stereocenters. The highest BCUT2D eigenvalue weighted by Gasteiger charge is 2.57. The van der Waals surface area contributed by atoms with Crippen LogP contribution in [0.1, 0.15) is 15.9 Å².